The highest BCUT2D eigenvalue weighted by Crippen LogP contribution is 2.16. The Morgan fingerprint density at radius 2 is 1.89 bits per heavy atom. The monoisotopic (exact) mass is 259 g/mol. The van der Waals surface area contributed by atoms with Crippen LogP contribution in [0.4, 0.5) is 10.1 Å². The van der Waals surface area contributed by atoms with Gasteiger partial charge < -0.3 is 10.1 Å². The van der Waals surface area contributed by atoms with Crippen molar-refractivity contribution in [1.29, 1.82) is 0 Å². The molecule has 0 bridgehead atoms. The quantitative estimate of drug-likeness (QED) is 0.791. The summed E-state index contributed by atoms with van der Waals surface area (Å²) in [4.78, 5) is 0. The van der Waals surface area contributed by atoms with E-state index in [9.17, 15) is 4.39 Å². The smallest absolute Gasteiger partial charge is 0.126 e. The molecule has 0 unspecified atom stereocenters. The van der Waals surface area contributed by atoms with Crippen LogP contribution in [0.25, 0.3) is 0 Å². The molecule has 3 heteroatoms. The number of aryl methyl sites for hydroxylation is 1. The molecule has 0 atom stereocenters. The Bertz CT molecular complexity index is 513. The summed E-state index contributed by atoms with van der Waals surface area (Å²) < 4.78 is 18.6. The minimum atomic E-state index is -0.196. The third-order valence-electron chi connectivity index (χ3n) is 2.82. The van der Waals surface area contributed by atoms with Crippen molar-refractivity contribution in [1.82, 2.24) is 0 Å². The first-order valence-electron chi connectivity index (χ1n) is 6.43. The number of para-hydroxylation sites is 1. The highest BCUT2D eigenvalue weighted by Gasteiger charge is 1.99. The molecule has 2 rings (SSSR count). The molecule has 0 aliphatic rings. The topological polar surface area (TPSA) is 21.3 Å². The first-order chi connectivity index (χ1) is 9.25. The largest absolute Gasteiger partial charge is 0.494 e. The Balaban J connectivity index is 1.68. The molecule has 0 spiro atoms. The van der Waals surface area contributed by atoms with Crippen molar-refractivity contribution in [2.75, 3.05) is 18.5 Å². The number of nitrogens with one attached hydrogen (secondary N) is 1. The maximum absolute atomic E-state index is 13.1. The molecular formula is C16H18FNO. The molecule has 0 aromatic heterocycles. The zero-order chi connectivity index (χ0) is 13.5. The van der Waals surface area contributed by atoms with E-state index >= 15 is 0 Å². The Labute approximate surface area is 113 Å². The van der Waals surface area contributed by atoms with Crippen LogP contribution in [-0.2, 0) is 0 Å². The minimum Gasteiger partial charge on any atom is -0.494 e. The lowest BCUT2D eigenvalue weighted by Crippen LogP contribution is -2.07. The second kappa shape index (κ2) is 6.78. The summed E-state index contributed by atoms with van der Waals surface area (Å²) in [5, 5.41) is 3.31. The number of benzene rings is 2. The molecule has 0 saturated heterocycles. The molecule has 0 fully saturated rings. The van der Waals surface area contributed by atoms with E-state index in [1.54, 1.807) is 19.1 Å². The van der Waals surface area contributed by atoms with Crippen LogP contribution in [-0.4, -0.2) is 13.2 Å². The average molecular weight is 259 g/mol. The molecule has 19 heavy (non-hydrogen) atoms. The summed E-state index contributed by atoms with van der Waals surface area (Å²) in [7, 11) is 0. The average Bonchev–Trinajstić information content (AvgIpc) is 2.43. The van der Waals surface area contributed by atoms with E-state index in [-0.39, 0.29) is 5.82 Å². The van der Waals surface area contributed by atoms with Crippen LogP contribution in [0, 0.1) is 12.7 Å². The third-order valence-corrected chi connectivity index (χ3v) is 2.82. The predicted molar refractivity (Wildman–Crippen MR) is 76.2 cm³/mol. The van der Waals surface area contributed by atoms with Crippen molar-refractivity contribution >= 4 is 5.69 Å². The first-order valence-corrected chi connectivity index (χ1v) is 6.43. The van der Waals surface area contributed by atoms with Crippen molar-refractivity contribution in [3.63, 3.8) is 0 Å². The van der Waals surface area contributed by atoms with E-state index in [0.29, 0.717) is 12.2 Å². The van der Waals surface area contributed by atoms with Gasteiger partial charge in [0, 0.05) is 12.2 Å². The number of halogens is 1. The molecule has 0 aliphatic carbocycles. The number of ether oxygens (including phenoxy) is 1. The second-order valence-electron chi connectivity index (χ2n) is 4.41. The van der Waals surface area contributed by atoms with E-state index in [1.165, 1.54) is 6.07 Å². The van der Waals surface area contributed by atoms with Crippen molar-refractivity contribution in [2.24, 2.45) is 0 Å². The summed E-state index contributed by atoms with van der Waals surface area (Å²) in [6, 6.07) is 14.9. The summed E-state index contributed by atoms with van der Waals surface area (Å²) in [5.74, 6) is 0.525. The van der Waals surface area contributed by atoms with Gasteiger partial charge in [0.05, 0.1) is 6.61 Å². The normalized spacial score (nSPS) is 10.2. The molecule has 100 valence electrons. The van der Waals surface area contributed by atoms with Gasteiger partial charge in [-0.3, -0.25) is 0 Å². The van der Waals surface area contributed by atoms with Gasteiger partial charge in [0.15, 0.2) is 0 Å². The predicted octanol–water partition coefficient (Wildman–Crippen LogP) is 4.02. The molecule has 0 saturated carbocycles. The Morgan fingerprint density at radius 1 is 1.11 bits per heavy atom. The number of anilines is 1. The fourth-order valence-corrected chi connectivity index (χ4v) is 1.76. The van der Waals surface area contributed by atoms with Crippen molar-refractivity contribution in [2.45, 2.75) is 13.3 Å². The van der Waals surface area contributed by atoms with Gasteiger partial charge in [-0.2, -0.15) is 0 Å². The summed E-state index contributed by atoms with van der Waals surface area (Å²) in [6.45, 7) is 3.20. The van der Waals surface area contributed by atoms with Crippen LogP contribution in [0.2, 0.25) is 0 Å². The molecule has 1 N–H and O–H groups in total. The third kappa shape index (κ3) is 4.28. The van der Waals surface area contributed by atoms with Crippen LogP contribution >= 0.6 is 0 Å². The lowest BCUT2D eigenvalue weighted by molar-refractivity contribution is 0.314. The van der Waals surface area contributed by atoms with E-state index in [4.69, 9.17) is 4.74 Å². The maximum Gasteiger partial charge on any atom is 0.126 e. The van der Waals surface area contributed by atoms with Crippen LogP contribution < -0.4 is 10.1 Å². The van der Waals surface area contributed by atoms with E-state index < -0.39 is 0 Å². The van der Waals surface area contributed by atoms with Gasteiger partial charge in [0.1, 0.15) is 11.6 Å². The summed E-state index contributed by atoms with van der Waals surface area (Å²) >= 11 is 0. The lowest BCUT2D eigenvalue weighted by atomic mass is 10.2. The van der Waals surface area contributed by atoms with E-state index in [1.807, 2.05) is 30.3 Å². The number of hydrogen-bond acceptors (Lipinski definition) is 2. The SMILES string of the molecule is Cc1cc(OCCCNc2ccccc2)ccc1F. The number of rotatable bonds is 6. The summed E-state index contributed by atoms with van der Waals surface area (Å²) in [5.41, 5.74) is 1.72. The van der Waals surface area contributed by atoms with Gasteiger partial charge in [-0.05, 0) is 49.2 Å². The highest BCUT2D eigenvalue weighted by molar-refractivity contribution is 5.42. The Morgan fingerprint density at radius 3 is 2.63 bits per heavy atom. The summed E-state index contributed by atoms with van der Waals surface area (Å²) in [6.07, 6.45) is 0.894. The van der Waals surface area contributed by atoms with E-state index in [2.05, 4.69) is 5.32 Å². The van der Waals surface area contributed by atoms with Gasteiger partial charge in [-0.15, -0.1) is 0 Å². The molecular weight excluding hydrogens is 241 g/mol. The van der Waals surface area contributed by atoms with Crippen LogP contribution in [0.15, 0.2) is 48.5 Å². The second-order valence-corrected chi connectivity index (χ2v) is 4.41. The van der Waals surface area contributed by atoms with E-state index in [0.717, 1.165) is 24.4 Å². The molecule has 2 aromatic carbocycles. The van der Waals surface area contributed by atoms with Crippen LogP contribution in [0.1, 0.15) is 12.0 Å². The molecule has 2 nitrogen and oxygen atoms in total. The standard InChI is InChI=1S/C16H18FNO/c1-13-12-15(8-9-16(13)17)19-11-5-10-18-14-6-3-2-4-7-14/h2-4,6-9,12,18H,5,10-11H2,1H3. The van der Waals surface area contributed by atoms with Gasteiger partial charge in [-0.25, -0.2) is 4.39 Å². The first kappa shape index (κ1) is 13.4. The van der Waals surface area contributed by atoms with Crippen LogP contribution in [0.3, 0.4) is 0 Å². The fraction of sp³-hybridized carbons (Fsp3) is 0.250. The van der Waals surface area contributed by atoms with Gasteiger partial charge in [0.25, 0.3) is 0 Å². The van der Waals surface area contributed by atoms with Gasteiger partial charge in [-0.1, -0.05) is 18.2 Å². The molecule has 0 heterocycles. The molecule has 0 aliphatic heterocycles. The van der Waals surface area contributed by atoms with Crippen molar-refractivity contribution in [3.8, 4) is 5.75 Å². The number of hydrogen-bond donors (Lipinski definition) is 1. The highest BCUT2D eigenvalue weighted by atomic mass is 19.1. The van der Waals surface area contributed by atoms with Gasteiger partial charge in [0.2, 0.25) is 0 Å². The molecule has 0 radical (unpaired) electrons. The van der Waals surface area contributed by atoms with Crippen molar-refractivity contribution < 1.29 is 9.13 Å². The Kier molecular flexibility index (Phi) is 4.78. The zero-order valence-electron chi connectivity index (χ0n) is 11.0. The molecule has 0 amide bonds. The minimum absolute atomic E-state index is 0.196. The van der Waals surface area contributed by atoms with Crippen molar-refractivity contribution in [3.05, 3.63) is 59.9 Å². The lowest BCUT2D eigenvalue weighted by Gasteiger charge is -2.08. The van der Waals surface area contributed by atoms with Gasteiger partial charge >= 0.3 is 0 Å². The fourth-order valence-electron chi connectivity index (χ4n) is 1.76. The Hall–Kier alpha value is -2.03. The maximum atomic E-state index is 13.1. The van der Waals surface area contributed by atoms with Crippen LogP contribution in [0.5, 0.6) is 5.75 Å². The zero-order valence-corrected chi connectivity index (χ0v) is 11.0. The molecule has 2 aromatic rings.